The molecule has 0 spiro atoms. The van der Waals surface area contributed by atoms with Crippen molar-refractivity contribution in [2.45, 2.75) is 5.16 Å². The van der Waals surface area contributed by atoms with Crippen LogP contribution in [0.1, 0.15) is 0 Å². The largest absolute Gasteiger partial charge is 0.497 e. The van der Waals surface area contributed by atoms with Crippen LogP contribution in [0.25, 0.3) is 17.1 Å². The number of para-hydroxylation sites is 2. The highest BCUT2D eigenvalue weighted by molar-refractivity contribution is 7.99. The lowest BCUT2D eigenvalue weighted by molar-refractivity contribution is -0.116. The number of ether oxygens (including phenoxy) is 1. The molecule has 0 atom stereocenters. The van der Waals surface area contributed by atoms with E-state index in [2.05, 4.69) is 16.3 Å². The van der Waals surface area contributed by atoms with Gasteiger partial charge >= 0.3 is 0 Å². The van der Waals surface area contributed by atoms with E-state index in [4.69, 9.17) is 4.74 Å². The lowest BCUT2D eigenvalue weighted by Gasteiger charge is -2.19. The summed E-state index contributed by atoms with van der Waals surface area (Å²) in [7, 11) is 1.62. The summed E-state index contributed by atoms with van der Waals surface area (Å²) in [5.74, 6) is 1.35. The van der Waals surface area contributed by atoms with E-state index in [9.17, 15) is 10.1 Å². The lowest BCUT2D eigenvalue weighted by atomic mass is 10.2. The molecule has 0 aliphatic rings. The third-order valence-electron chi connectivity index (χ3n) is 4.92. The fourth-order valence-corrected chi connectivity index (χ4v) is 4.13. The van der Waals surface area contributed by atoms with Gasteiger partial charge in [-0.3, -0.25) is 14.3 Å². The Bertz CT molecular complexity index is 1250. The van der Waals surface area contributed by atoms with Crippen molar-refractivity contribution < 1.29 is 9.53 Å². The van der Waals surface area contributed by atoms with Gasteiger partial charge in [-0.05, 0) is 48.5 Å². The normalized spacial score (nSPS) is 10.4. The maximum Gasteiger partial charge on any atom is 0.238 e. The number of hydrogen-bond acceptors (Lipinski definition) is 6. The molecule has 0 aliphatic heterocycles. The molecule has 33 heavy (non-hydrogen) atoms. The Morgan fingerprint density at radius 3 is 2.30 bits per heavy atom. The average Bonchev–Trinajstić information content (AvgIpc) is 3.31. The first-order valence-corrected chi connectivity index (χ1v) is 11.2. The van der Waals surface area contributed by atoms with E-state index in [1.165, 1.54) is 16.7 Å². The zero-order chi connectivity index (χ0) is 23.0. The number of nitrogens with zero attached hydrogens (tertiary/aromatic N) is 5. The third kappa shape index (κ3) is 5.05. The van der Waals surface area contributed by atoms with E-state index in [0.717, 1.165) is 17.0 Å². The standard InChI is InChI=1S/C25H21N5O2S/c1-32-22-14-12-19(13-15-22)24-27-28-25(30(24)21-10-6-3-7-11-21)33-18-23(31)29(17-16-26)20-8-4-2-5-9-20/h2-15H,17-18H2,1H3. The van der Waals surface area contributed by atoms with Gasteiger partial charge < -0.3 is 4.74 Å². The van der Waals surface area contributed by atoms with Gasteiger partial charge in [-0.1, -0.05) is 48.2 Å². The maximum absolute atomic E-state index is 13.0. The van der Waals surface area contributed by atoms with Crippen LogP contribution in [0, 0.1) is 11.3 Å². The van der Waals surface area contributed by atoms with E-state index in [1.54, 1.807) is 7.11 Å². The number of hydrogen-bond donors (Lipinski definition) is 0. The molecular formula is C25H21N5O2S. The summed E-state index contributed by atoms with van der Waals surface area (Å²) in [5.41, 5.74) is 2.45. The number of amides is 1. The summed E-state index contributed by atoms with van der Waals surface area (Å²) in [5, 5.41) is 18.6. The van der Waals surface area contributed by atoms with Crippen molar-refractivity contribution >= 4 is 23.4 Å². The van der Waals surface area contributed by atoms with Crippen LogP contribution in [0.2, 0.25) is 0 Å². The molecule has 0 saturated heterocycles. The summed E-state index contributed by atoms with van der Waals surface area (Å²) < 4.78 is 7.18. The molecule has 0 aliphatic carbocycles. The van der Waals surface area contributed by atoms with Crippen LogP contribution in [-0.2, 0) is 4.79 Å². The molecule has 0 unspecified atom stereocenters. The summed E-state index contributed by atoms with van der Waals surface area (Å²) in [6.07, 6.45) is 0. The number of anilines is 1. The Morgan fingerprint density at radius 1 is 1.00 bits per heavy atom. The van der Waals surface area contributed by atoms with E-state index in [1.807, 2.05) is 89.5 Å². The second-order valence-electron chi connectivity index (χ2n) is 6.97. The van der Waals surface area contributed by atoms with E-state index in [0.29, 0.717) is 16.7 Å². The Labute approximate surface area is 196 Å². The summed E-state index contributed by atoms with van der Waals surface area (Å²) in [6.45, 7) is -0.0219. The van der Waals surface area contributed by atoms with Crippen molar-refractivity contribution in [1.29, 1.82) is 5.26 Å². The number of aromatic nitrogens is 3. The third-order valence-corrected chi connectivity index (χ3v) is 5.83. The monoisotopic (exact) mass is 455 g/mol. The number of benzene rings is 3. The maximum atomic E-state index is 13.0. The Hall–Kier alpha value is -4.09. The molecule has 1 amide bonds. The molecule has 1 heterocycles. The predicted molar refractivity (Wildman–Crippen MR) is 128 cm³/mol. The van der Waals surface area contributed by atoms with Crippen LogP contribution >= 0.6 is 11.8 Å². The lowest BCUT2D eigenvalue weighted by Crippen LogP contribution is -2.32. The Morgan fingerprint density at radius 2 is 1.67 bits per heavy atom. The highest BCUT2D eigenvalue weighted by Gasteiger charge is 2.20. The molecular weight excluding hydrogens is 434 g/mol. The van der Waals surface area contributed by atoms with Crippen LogP contribution in [0.3, 0.4) is 0 Å². The minimum Gasteiger partial charge on any atom is -0.497 e. The molecule has 0 N–H and O–H groups in total. The molecule has 7 nitrogen and oxygen atoms in total. The van der Waals surface area contributed by atoms with Crippen LogP contribution in [-0.4, -0.2) is 40.1 Å². The number of nitriles is 1. The van der Waals surface area contributed by atoms with Crippen molar-refractivity contribution in [3.05, 3.63) is 84.9 Å². The molecule has 0 fully saturated rings. The van der Waals surface area contributed by atoms with Gasteiger partial charge in [-0.15, -0.1) is 10.2 Å². The molecule has 4 aromatic rings. The number of carbonyl (C=O) groups is 1. The van der Waals surface area contributed by atoms with Crippen molar-refractivity contribution in [2.75, 3.05) is 24.3 Å². The van der Waals surface area contributed by atoms with Crippen molar-refractivity contribution in [3.63, 3.8) is 0 Å². The van der Waals surface area contributed by atoms with Gasteiger partial charge in [0, 0.05) is 16.9 Å². The van der Waals surface area contributed by atoms with Crippen molar-refractivity contribution in [2.24, 2.45) is 0 Å². The number of rotatable bonds is 8. The van der Waals surface area contributed by atoms with E-state index < -0.39 is 0 Å². The quantitative estimate of drug-likeness (QED) is 0.285. The number of methoxy groups -OCH3 is 1. The van der Waals surface area contributed by atoms with Crippen LogP contribution in [0.5, 0.6) is 5.75 Å². The van der Waals surface area contributed by atoms with Crippen LogP contribution < -0.4 is 9.64 Å². The molecule has 0 radical (unpaired) electrons. The number of carbonyl (C=O) groups excluding carboxylic acids is 1. The Balaban J connectivity index is 1.63. The first-order chi connectivity index (χ1) is 16.2. The van der Waals surface area contributed by atoms with Crippen LogP contribution in [0.4, 0.5) is 5.69 Å². The molecule has 0 bridgehead atoms. The fourth-order valence-electron chi connectivity index (χ4n) is 3.31. The zero-order valence-corrected chi connectivity index (χ0v) is 18.8. The molecule has 4 rings (SSSR count). The van der Waals surface area contributed by atoms with Gasteiger partial charge in [-0.2, -0.15) is 5.26 Å². The van der Waals surface area contributed by atoms with Gasteiger partial charge in [0.05, 0.1) is 18.9 Å². The highest BCUT2D eigenvalue weighted by atomic mass is 32.2. The van der Waals surface area contributed by atoms with Gasteiger partial charge in [0.25, 0.3) is 0 Å². The first-order valence-electron chi connectivity index (χ1n) is 10.2. The average molecular weight is 456 g/mol. The van der Waals surface area contributed by atoms with Crippen LogP contribution in [0.15, 0.2) is 90.1 Å². The molecule has 8 heteroatoms. The smallest absolute Gasteiger partial charge is 0.238 e. The first kappa shape index (κ1) is 22.1. The minimum absolute atomic E-state index is 0.0219. The van der Waals surface area contributed by atoms with E-state index >= 15 is 0 Å². The summed E-state index contributed by atoms with van der Waals surface area (Å²) in [6, 6.07) is 28.6. The topological polar surface area (TPSA) is 84.0 Å². The van der Waals surface area contributed by atoms with Crippen molar-refractivity contribution in [1.82, 2.24) is 14.8 Å². The second-order valence-corrected chi connectivity index (χ2v) is 7.91. The predicted octanol–water partition coefficient (Wildman–Crippen LogP) is 4.59. The molecule has 164 valence electrons. The van der Waals surface area contributed by atoms with E-state index in [-0.39, 0.29) is 18.2 Å². The van der Waals surface area contributed by atoms with Gasteiger partial charge in [0.1, 0.15) is 12.3 Å². The SMILES string of the molecule is COc1ccc(-c2nnc(SCC(=O)N(CC#N)c3ccccc3)n2-c2ccccc2)cc1. The Kier molecular flexibility index (Phi) is 7.03. The van der Waals surface area contributed by atoms with Gasteiger partial charge in [0.2, 0.25) is 5.91 Å². The highest BCUT2D eigenvalue weighted by Crippen LogP contribution is 2.29. The molecule has 3 aromatic carbocycles. The molecule has 1 aromatic heterocycles. The fraction of sp³-hybridized carbons (Fsp3) is 0.120. The molecule has 0 saturated carbocycles. The van der Waals surface area contributed by atoms with Gasteiger partial charge in [0.15, 0.2) is 11.0 Å². The summed E-state index contributed by atoms with van der Waals surface area (Å²) >= 11 is 1.29. The minimum atomic E-state index is -0.179. The zero-order valence-electron chi connectivity index (χ0n) is 18.0. The number of thioether (sulfide) groups is 1. The summed E-state index contributed by atoms with van der Waals surface area (Å²) in [4.78, 5) is 14.5. The van der Waals surface area contributed by atoms with Gasteiger partial charge in [-0.25, -0.2) is 0 Å². The van der Waals surface area contributed by atoms with Crippen molar-refractivity contribution in [3.8, 4) is 28.9 Å². The second kappa shape index (κ2) is 10.5.